The zero-order valence-corrected chi connectivity index (χ0v) is 17.0. The van der Waals surface area contributed by atoms with Gasteiger partial charge in [0.2, 0.25) is 0 Å². The molecule has 31 heavy (non-hydrogen) atoms. The Morgan fingerprint density at radius 3 is 2.58 bits per heavy atom. The molecule has 0 bridgehead atoms. The van der Waals surface area contributed by atoms with Crippen LogP contribution in [0.4, 0.5) is 4.79 Å². The maximum Gasteiger partial charge on any atom is 0.339 e. The first kappa shape index (κ1) is 20.3. The predicted molar refractivity (Wildman–Crippen MR) is 117 cm³/mol. The van der Waals surface area contributed by atoms with E-state index in [9.17, 15) is 14.4 Å². The monoisotopic (exact) mass is 415 g/mol. The Morgan fingerprint density at radius 2 is 1.84 bits per heavy atom. The number of nitrogens with zero attached hydrogens (tertiary/aromatic N) is 1. The van der Waals surface area contributed by atoms with Crippen molar-refractivity contribution in [1.82, 2.24) is 10.3 Å². The number of urea groups is 1. The number of rotatable bonds is 4. The van der Waals surface area contributed by atoms with E-state index in [1.807, 2.05) is 48.6 Å². The Kier molecular flexibility index (Phi) is 5.49. The van der Waals surface area contributed by atoms with Crippen LogP contribution >= 0.6 is 0 Å². The minimum atomic E-state index is -0.998. The number of nitrogens with two attached hydrogens (primary N) is 1. The molecule has 0 spiro atoms. The number of aromatic nitrogens is 1. The van der Waals surface area contributed by atoms with Gasteiger partial charge in [-0.25, -0.2) is 14.6 Å². The molecule has 3 amide bonds. The minimum absolute atomic E-state index is 0.403. The molecule has 1 heterocycles. The molecular weight excluding hydrogens is 394 g/mol. The van der Waals surface area contributed by atoms with Gasteiger partial charge in [-0.3, -0.25) is 10.1 Å². The summed E-state index contributed by atoms with van der Waals surface area (Å²) >= 11 is 0. The lowest BCUT2D eigenvalue weighted by molar-refractivity contribution is -0.123. The number of pyridine rings is 1. The van der Waals surface area contributed by atoms with Crippen LogP contribution in [0.25, 0.3) is 22.6 Å². The van der Waals surface area contributed by atoms with Gasteiger partial charge < -0.3 is 10.5 Å². The second-order valence-electron chi connectivity index (χ2n) is 7.40. The van der Waals surface area contributed by atoms with Gasteiger partial charge >= 0.3 is 12.0 Å². The van der Waals surface area contributed by atoms with E-state index in [0.29, 0.717) is 22.9 Å². The van der Waals surface area contributed by atoms with E-state index in [4.69, 9.17) is 15.5 Å². The first-order chi connectivity index (χ1) is 14.9. The fourth-order valence-electron chi connectivity index (χ4n) is 3.75. The van der Waals surface area contributed by atoms with Crippen LogP contribution in [0.5, 0.6) is 0 Å². The number of fused-ring (bicyclic) bond motifs is 2. The SMILES string of the molecule is Cc1ccc(/C=C2\CCc3c2nc2ccccc2c3C(=O)OCC(=O)NC(N)=O)cc1. The zero-order chi connectivity index (χ0) is 22.0. The van der Waals surface area contributed by atoms with E-state index in [2.05, 4.69) is 18.2 Å². The summed E-state index contributed by atoms with van der Waals surface area (Å²) in [7, 11) is 0. The molecular formula is C24H21N3O4. The van der Waals surface area contributed by atoms with Gasteiger partial charge in [0, 0.05) is 5.39 Å². The summed E-state index contributed by atoms with van der Waals surface area (Å²) in [4.78, 5) is 40.2. The molecule has 3 N–H and O–H groups in total. The minimum Gasteiger partial charge on any atom is -0.452 e. The maximum atomic E-state index is 12.9. The van der Waals surface area contributed by atoms with Crippen LogP contribution < -0.4 is 11.1 Å². The number of para-hydroxylation sites is 1. The molecule has 4 rings (SSSR count). The molecule has 0 aliphatic heterocycles. The number of hydrogen-bond acceptors (Lipinski definition) is 5. The number of ether oxygens (including phenoxy) is 1. The van der Waals surface area contributed by atoms with Crippen molar-refractivity contribution in [3.8, 4) is 0 Å². The highest BCUT2D eigenvalue weighted by Gasteiger charge is 2.28. The third-order valence-electron chi connectivity index (χ3n) is 5.16. The summed E-state index contributed by atoms with van der Waals surface area (Å²) in [5.74, 6) is -1.41. The van der Waals surface area contributed by atoms with Crippen LogP contribution in [-0.4, -0.2) is 29.5 Å². The van der Waals surface area contributed by atoms with E-state index in [1.54, 1.807) is 0 Å². The zero-order valence-electron chi connectivity index (χ0n) is 17.0. The summed E-state index contributed by atoms with van der Waals surface area (Å²) in [6.45, 7) is 1.44. The third-order valence-corrected chi connectivity index (χ3v) is 5.16. The second-order valence-corrected chi connectivity index (χ2v) is 7.40. The molecule has 1 aliphatic carbocycles. The van der Waals surface area contributed by atoms with E-state index < -0.39 is 24.5 Å². The van der Waals surface area contributed by atoms with Gasteiger partial charge in [-0.1, -0.05) is 48.0 Å². The number of aryl methyl sites for hydroxylation is 1. The standard InChI is InChI=1S/C24H21N3O4/c1-14-6-8-15(9-7-14)12-16-10-11-18-21(23(29)31-13-20(28)27-24(25)30)17-4-2-3-5-19(17)26-22(16)18/h2-9,12H,10-11,13H2,1H3,(H3,25,27,28,30)/b16-12+. The van der Waals surface area contributed by atoms with Crippen molar-refractivity contribution < 1.29 is 19.1 Å². The molecule has 0 saturated heterocycles. The van der Waals surface area contributed by atoms with Crippen molar-refractivity contribution in [3.63, 3.8) is 0 Å². The average Bonchev–Trinajstić information content (AvgIpc) is 3.13. The maximum absolute atomic E-state index is 12.9. The van der Waals surface area contributed by atoms with Crippen LogP contribution in [0.15, 0.2) is 48.5 Å². The number of amides is 3. The Labute approximate surface area is 178 Å². The van der Waals surface area contributed by atoms with Crippen LogP contribution in [0, 0.1) is 6.92 Å². The molecule has 1 aromatic heterocycles. The van der Waals surface area contributed by atoms with Crippen molar-refractivity contribution in [1.29, 1.82) is 0 Å². The molecule has 7 nitrogen and oxygen atoms in total. The van der Waals surface area contributed by atoms with E-state index >= 15 is 0 Å². The number of allylic oxidation sites excluding steroid dienone is 1. The highest BCUT2D eigenvalue weighted by molar-refractivity contribution is 6.08. The summed E-state index contributed by atoms with van der Waals surface area (Å²) in [6.07, 6.45) is 3.47. The topological polar surface area (TPSA) is 111 Å². The molecule has 1 aliphatic rings. The van der Waals surface area contributed by atoms with Crippen molar-refractivity contribution in [3.05, 3.63) is 76.5 Å². The Morgan fingerprint density at radius 1 is 1.10 bits per heavy atom. The molecule has 2 aromatic carbocycles. The highest BCUT2D eigenvalue weighted by Crippen LogP contribution is 2.37. The van der Waals surface area contributed by atoms with Crippen molar-refractivity contribution in [2.45, 2.75) is 19.8 Å². The molecule has 0 radical (unpaired) electrons. The molecule has 3 aromatic rings. The quantitative estimate of drug-likeness (QED) is 0.635. The highest BCUT2D eigenvalue weighted by atomic mass is 16.5. The molecule has 0 atom stereocenters. The normalized spacial score (nSPS) is 13.8. The molecule has 0 unspecified atom stereocenters. The number of imide groups is 1. The van der Waals surface area contributed by atoms with Crippen LogP contribution in [-0.2, 0) is 16.0 Å². The molecule has 156 valence electrons. The van der Waals surface area contributed by atoms with Gasteiger partial charge in [-0.2, -0.15) is 0 Å². The van der Waals surface area contributed by atoms with Crippen LogP contribution in [0.2, 0.25) is 0 Å². The Hall–Kier alpha value is -4.00. The molecule has 0 saturated carbocycles. The van der Waals surface area contributed by atoms with E-state index in [0.717, 1.165) is 28.8 Å². The number of benzene rings is 2. The van der Waals surface area contributed by atoms with Gasteiger partial charge in [0.25, 0.3) is 5.91 Å². The van der Waals surface area contributed by atoms with Gasteiger partial charge in [0.1, 0.15) is 0 Å². The van der Waals surface area contributed by atoms with Crippen LogP contribution in [0.1, 0.15) is 39.2 Å². The first-order valence-electron chi connectivity index (χ1n) is 9.88. The van der Waals surface area contributed by atoms with Crippen molar-refractivity contribution in [2.75, 3.05) is 6.61 Å². The van der Waals surface area contributed by atoms with Gasteiger partial charge in [0.15, 0.2) is 6.61 Å². The second kappa shape index (κ2) is 8.39. The number of esters is 1. The molecule has 7 heteroatoms. The summed E-state index contributed by atoms with van der Waals surface area (Å²) in [5.41, 5.74) is 10.9. The lowest BCUT2D eigenvalue weighted by Crippen LogP contribution is -2.37. The average molecular weight is 415 g/mol. The smallest absolute Gasteiger partial charge is 0.339 e. The predicted octanol–water partition coefficient (Wildman–Crippen LogP) is 3.38. The number of carbonyl (C=O) groups is 3. The number of hydrogen-bond donors (Lipinski definition) is 2. The number of carbonyl (C=O) groups excluding carboxylic acids is 3. The largest absolute Gasteiger partial charge is 0.452 e. The summed E-state index contributed by atoms with van der Waals surface area (Å²) in [6, 6.07) is 14.5. The summed E-state index contributed by atoms with van der Waals surface area (Å²) < 4.78 is 5.18. The van der Waals surface area contributed by atoms with Gasteiger partial charge in [-0.15, -0.1) is 0 Å². The van der Waals surface area contributed by atoms with E-state index in [1.165, 1.54) is 5.56 Å². The Bertz CT molecular complexity index is 1230. The van der Waals surface area contributed by atoms with Crippen LogP contribution in [0.3, 0.4) is 0 Å². The lowest BCUT2D eigenvalue weighted by atomic mass is 10.0. The number of nitrogens with one attached hydrogen (secondary N) is 1. The Balaban J connectivity index is 1.73. The van der Waals surface area contributed by atoms with Crippen molar-refractivity contribution in [2.24, 2.45) is 5.73 Å². The third kappa shape index (κ3) is 4.30. The van der Waals surface area contributed by atoms with E-state index in [-0.39, 0.29) is 0 Å². The number of primary amides is 1. The first-order valence-corrected chi connectivity index (χ1v) is 9.88. The van der Waals surface area contributed by atoms with Gasteiger partial charge in [0.05, 0.1) is 16.8 Å². The fourth-order valence-corrected chi connectivity index (χ4v) is 3.75. The van der Waals surface area contributed by atoms with Gasteiger partial charge in [-0.05, 0) is 48.6 Å². The summed E-state index contributed by atoms with van der Waals surface area (Å²) in [5, 5.41) is 2.54. The fraction of sp³-hybridized carbons (Fsp3) is 0.167. The lowest BCUT2D eigenvalue weighted by Gasteiger charge is -2.12. The van der Waals surface area contributed by atoms with Crippen molar-refractivity contribution >= 4 is 40.5 Å². The molecule has 0 fully saturated rings.